The molecule has 0 saturated heterocycles. The van der Waals surface area contributed by atoms with E-state index in [4.69, 9.17) is 5.11 Å². The van der Waals surface area contributed by atoms with Crippen molar-refractivity contribution in [2.24, 2.45) is 0 Å². The van der Waals surface area contributed by atoms with E-state index in [2.05, 4.69) is 20.4 Å². The number of aromatic nitrogens is 4. The lowest BCUT2D eigenvalue weighted by Crippen LogP contribution is -2.21. The summed E-state index contributed by atoms with van der Waals surface area (Å²) in [6.45, 7) is 0.955. The molecule has 0 radical (unpaired) electrons. The van der Waals surface area contributed by atoms with E-state index < -0.39 is 18.0 Å². The van der Waals surface area contributed by atoms with Crippen LogP contribution in [0.1, 0.15) is 31.4 Å². The van der Waals surface area contributed by atoms with Crippen LogP contribution in [0.2, 0.25) is 0 Å². The number of hydrogen-bond acceptors (Lipinski definition) is 4. The van der Waals surface area contributed by atoms with Gasteiger partial charge in [-0.05, 0) is 25.0 Å². The minimum Gasteiger partial charge on any atom is -0.465 e. The highest BCUT2D eigenvalue weighted by Crippen LogP contribution is 2.35. The fraction of sp³-hybridized carbons (Fsp3) is 0.368. The average Bonchev–Trinajstić information content (AvgIpc) is 3.14. The molecule has 154 valence electrons. The van der Waals surface area contributed by atoms with Gasteiger partial charge >= 0.3 is 12.3 Å². The fourth-order valence-electron chi connectivity index (χ4n) is 2.95. The molecule has 3 rings (SSSR count). The fourth-order valence-corrected chi connectivity index (χ4v) is 2.95. The largest absolute Gasteiger partial charge is 0.465 e. The number of para-hydroxylation sites is 2. The molecule has 0 spiro atoms. The Morgan fingerprint density at radius 1 is 1.07 bits per heavy atom. The van der Waals surface area contributed by atoms with E-state index in [0.29, 0.717) is 18.6 Å². The molecule has 3 aromatic rings. The van der Waals surface area contributed by atoms with Crippen molar-refractivity contribution in [2.45, 2.75) is 38.4 Å². The van der Waals surface area contributed by atoms with Crippen molar-refractivity contribution in [3.63, 3.8) is 0 Å². The molecular formula is C19H20F3N5O2. The molecule has 0 fully saturated rings. The molecule has 29 heavy (non-hydrogen) atoms. The van der Waals surface area contributed by atoms with Gasteiger partial charge in [0.15, 0.2) is 5.69 Å². The zero-order valence-corrected chi connectivity index (χ0v) is 15.5. The van der Waals surface area contributed by atoms with E-state index in [-0.39, 0.29) is 16.8 Å². The van der Waals surface area contributed by atoms with E-state index in [1.54, 1.807) is 29.1 Å². The third-order valence-corrected chi connectivity index (χ3v) is 4.34. The zero-order chi connectivity index (χ0) is 20.9. The summed E-state index contributed by atoms with van der Waals surface area (Å²) in [5.41, 5.74) is -0.420. The minimum absolute atomic E-state index is 0.188. The highest BCUT2D eigenvalue weighted by atomic mass is 19.4. The van der Waals surface area contributed by atoms with Crippen molar-refractivity contribution in [3.8, 4) is 11.3 Å². The number of benzene rings is 1. The van der Waals surface area contributed by atoms with E-state index in [0.717, 1.165) is 25.7 Å². The third kappa shape index (κ3) is 5.43. The molecule has 1 amide bonds. The molecule has 1 aromatic carbocycles. The van der Waals surface area contributed by atoms with Crippen LogP contribution in [0.25, 0.3) is 22.3 Å². The Kier molecular flexibility index (Phi) is 6.30. The zero-order valence-electron chi connectivity index (χ0n) is 15.5. The molecule has 0 aliphatic rings. The molecule has 0 aliphatic heterocycles. The number of carbonyl (C=O) groups is 1. The smallest absolute Gasteiger partial charge is 0.435 e. The molecule has 0 atom stereocenters. The van der Waals surface area contributed by atoms with Crippen LogP contribution in [0.5, 0.6) is 0 Å². The van der Waals surface area contributed by atoms with Gasteiger partial charge in [-0.1, -0.05) is 25.0 Å². The summed E-state index contributed by atoms with van der Waals surface area (Å²) in [5, 5.41) is 14.9. The van der Waals surface area contributed by atoms with Crippen molar-refractivity contribution in [2.75, 3.05) is 6.54 Å². The molecule has 2 aromatic heterocycles. The molecular weight excluding hydrogens is 387 g/mol. The maximum absolute atomic E-state index is 13.5. The summed E-state index contributed by atoms with van der Waals surface area (Å²) < 4.78 is 42.1. The van der Waals surface area contributed by atoms with Crippen LogP contribution < -0.4 is 5.32 Å². The number of aryl methyl sites for hydroxylation is 1. The van der Waals surface area contributed by atoms with E-state index >= 15 is 0 Å². The lowest BCUT2D eigenvalue weighted by molar-refractivity contribution is -0.140. The van der Waals surface area contributed by atoms with Gasteiger partial charge in [0.2, 0.25) is 0 Å². The summed E-state index contributed by atoms with van der Waals surface area (Å²) in [6.07, 6.45) is 0.470. The van der Waals surface area contributed by atoms with Crippen molar-refractivity contribution in [1.82, 2.24) is 25.1 Å². The number of rotatable bonds is 8. The number of nitrogens with zero attached hydrogens (tertiary/aromatic N) is 4. The molecule has 0 aliphatic carbocycles. The third-order valence-electron chi connectivity index (χ3n) is 4.34. The predicted octanol–water partition coefficient (Wildman–Crippen LogP) is 4.34. The van der Waals surface area contributed by atoms with Gasteiger partial charge in [0.1, 0.15) is 5.69 Å². The van der Waals surface area contributed by atoms with Gasteiger partial charge in [-0.2, -0.15) is 18.3 Å². The molecule has 2 heterocycles. The number of hydrogen-bond donors (Lipinski definition) is 2. The summed E-state index contributed by atoms with van der Waals surface area (Å²) in [5.74, 6) is 0. The molecule has 0 saturated carbocycles. The van der Waals surface area contributed by atoms with Gasteiger partial charge < -0.3 is 10.4 Å². The van der Waals surface area contributed by atoms with Crippen LogP contribution in [0, 0.1) is 0 Å². The van der Waals surface area contributed by atoms with Gasteiger partial charge in [-0.25, -0.2) is 14.8 Å². The van der Waals surface area contributed by atoms with Crippen molar-refractivity contribution < 1.29 is 23.1 Å². The quantitative estimate of drug-likeness (QED) is 0.542. The number of nitrogens with one attached hydrogen (secondary N) is 1. The summed E-state index contributed by atoms with van der Waals surface area (Å²) >= 11 is 0. The summed E-state index contributed by atoms with van der Waals surface area (Å²) in [4.78, 5) is 18.3. The second-order valence-corrected chi connectivity index (χ2v) is 6.55. The van der Waals surface area contributed by atoms with Crippen LogP contribution >= 0.6 is 0 Å². The van der Waals surface area contributed by atoms with Crippen molar-refractivity contribution in [1.29, 1.82) is 0 Å². The van der Waals surface area contributed by atoms with Gasteiger partial charge in [-0.3, -0.25) is 4.68 Å². The second kappa shape index (κ2) is 8.89. The lowest BCUT2D eigenvalue weighted by Gasteiger charge is -2.11. The monoisotopic (exact) mass is 407 g/mol. The summed E-state index contributed by atoms with van der Waals surface area (Å²) in [7, 11) is 0. The van der Waals surface area contributed by atoms with Crippen molar-refractivity contribution >= 4 is 17.1 Å². The Balaban J connectivity index is 1.68. The highest BCUT2D eigenvalue weighted by Gasteiger charge is 2.37. The van der Waals surface area contributed by atoms with E-state index in [9.17, 15) is 18.0 Å². The predicted molar refractivity (Wildman–Crippen MR) is 100 cm³/mol. The number of unbranched alkanes of at least 4 members (excludes halogenated alkanes) is 3. The Bertz CT molecular complexity index is 987. The number of carboxylic acid groups (broad SMARTS) is 1. The molecule has 2 N–H and O–H groups in total. The first-order valence-corrected chi connectivity index (χ1v) is 9.18. The Morgan fingerprint density at radius 3 is 2.45 bits per heavy atom. The first-order chi connectivity index (χ1) is 13.8. The number of amides is 1. The van der Waals surface area contributed by atoms with Gasteiger partial charge in [0.05, 0.1) is 17.2 Å². The molecule has 0 unspecified atom stereocenters. The van der Waals surface area contributed by atoms with Crippen molar-refractivity contribution in [3.05, 3.63) is 42.4 Å². The Labute approximate surface area is 164 Å². The highest BCUT2D eigenvalue weighted by molar-refractivity contribution is 5.78. The molecule has 7 nitrogen and oxygen atoms in total. The average molecular weight is 407 g/mol. The van der Waals surface area contributed by atoms with Crippen LogP contribution in [0.4, 0.5) is 18.0 Å². The molecule has 0 bridgehead atoms. The number of halogens is 3. The van der Waals surface area contributed by atoms with Crippen LogP contribution in [-0.4, -0.2) is 37.5 Å². The second-order valence-electron chi connectivity index (χ2n) is 6.55. The number of alkyl halides is 3. The Hall–Kier alpha value is -3.17. The first-order valence-electron chi connectivity index (χ1n) is 9.18. The van der Waals surface area contributed by atoms with E-state index in [1.807, 2.05) is 0 Å². The normalized spacial score (nSPS) is 11.7. The van der Waals surface area contributed by atoms with Gasteiger partial charge in [-0.15, -0.1) is 0 Å². The SMILES string of the molecule is O=C(O)NCCCCCCn1cc(-c2nc3ccccc3nc2C(F)(F)F)cn1. The minimum atomic E-state index is -4.63. The van der Waals surface area contributed by atoms with Crippen LogP contribution in [0.15, 0.2) is 36.7 Å². The Morgan fingerprint density at radius 2 is 1.76 bits per heavy atom. The van der Waals surface area contributed by atoms with Crippen LogP contribution in [-0.2, 0) is 12.7 Å². The lowest BCUT2D eigenvalue weighted by atomic mass is 10.1. The first kappa shape index (κ1) is 20.6. The topological polar surface area (TPSA) is 92.9 Å². The van der Waals surface area contributed by atoms with E-state index in [1.165, 1.54) is 12.3 Å². The standard InChI is InChI=1S/C19H20F3N5O2/c20-19(21,22)17-16(25-14-7-3-4-8-15(14)26-17)13-11-24-27(12-13)10-6-2-1-5-9-23-18(28)29/h3-4,7-8,11-12,23H,1-2,5-6,9-10H2,(H,28,29). The maximum atomic E-state index is 13.5. The number of fused-ring (bicyclic) bond motifs is 1. The van der Waals surface area contributed by atoms with Gasteiger partial charge in [0.25, 0.3) is 0 Å². The maximum Gasteiger partial charge on any atom is 0.435 e. The summed E-state index contributed by atoms with van der Waals surface area (Å²) in [6, 6.07) is 6.43. The molecule has 10 heteroatoms. The van der Waals surface area contributed by atoms with Crippen LogP contribution in [0.3, 0.4) is 0 Å². The van der Waals surface area contributed by atoms with Gasteiger partial charge in [0, 0.05) is 24.8 Å².